The second kappa shape index (κ2) is 6.28. The van der Waals surface area contributed by atoms with E-state index in [4.69, 9.17) is 0 Å². The van der Waals surface area contributed by atoms with Gasteiger partial charge in [0.1, 0.15) is 5.82 Å². The van der Waals surface area contributed by atoms with E-state index >= 15 is 0 Å². The topological polar surface area (TPSA) is 18.8 Å². The van der Waals surface area contributed by atoms with Gasteiger partial charge in [0.25, 0.3) is 0 Å². The number of rotatable bonds is 3. The number of hydrogen-bond donors (Lipinski definition) is 0. The predicted octanol–water partition coefficient (Wildman–Crippen LogP) is 2.76. The zero-order chi connectivity index (χ0) is 15.6. The first-order chi connectivity index (χ1) is 11.3. The largest absolute Gasteiger partial charge is 0.369 e. The summed E-state index contributed by atoms with van der Waals surface area (Å²) in [5.41, 5.74) is 1.12. The van der Waals surface area contributed by atoms with Crippen LogP contribution in [0.15, 0.2) is 53.6 Å². The van der Waals surface area contributed by atoms with Crippen LogP contribution in [0.3, 0.4) is 0 Å². The highest BCUT2D eigenvalue weighted by atomic mass is 19.1. The summed E-state index contributed by atoms with van der Waals surface area (Å²) in [5.74, 6) is 0.894. The van der Waals surface area contributed by atoms with E-state index < -0.39 is 0 Å². The average molecular weight is 311 g/mol. The fraction of sp³-hybridized carbons (Fsp3) is 0.421. The Bertz CT molecular complexity index is 627. The Morgan fingerprint density at radius 1 is 1.00 bits per heavy atom. The Kier molecular flexibility index (Phi) is 4.00. The van der Waals surface area contributed by atoms with Gasteiger partial charge in [-0.2, -0.15) is 0 Å². The van der Waals surface area contributed by atoms with Crippen molar-refractivity contribution in [3.05, 3.63) is 54.4 Å². The molecule has 1 fully saturated rings. The fourth-order valence-corrected chi connectivity index (χ4v) is 3.77. The van der Waals surface area contributed by atoms with Gasteiger partial charge in [-0.3, -0.25) is 9.89 Å². The van der Waals surface area contributed by atoms with Crippen molar-refractivity contribution >= 4 is 11.9 Å². The first-order valence-corrected chi connectivity index (χ1v) is 8.41. The Morgan fingerprint density at radius 2 is 1.74 bits per heavy atom. The first kappa shape index (κ1) is 14.6. The quantitative estimate of drug-likeness (QED) is 0.855. The van der Waals surface area contributed by atoms with E-state index in [2.05, 4.69) is 45.3 Å². The van der Waals surface area contributed by atoms with Crippen molar-refractivity contribution in [3.63, 3.8) is 0 Å². The third kappa shape index (κ3) is 3.08. The van der Waals surface area contributed by atoms with E-state index in [1.165, 1.54) is 0 Å². The minimum atomic E-state index is -0.169. The van der Waals surface area contributed by atoms with Gasteiger partial charge in [-0.15, -0.1) is 0 Å². The van der Waals surface area contributed by atoms with Crippen LogP contribution in [0.5, 0.6) is 0 Å². The molecule has 23 heavy (non-hydrogen) atoms. The Balaban J connectivity index is 1.32. The SMILES string of the molecule is Fc1ccc(N2CCN(CC3C=NC4C=CC=CC34)CC2)cc1. The zero-order valence-electron chi connectivity index (χ0n) is 13.2. The smallest absolute Gasteiger partial charge is 0.123 e. The van der Waals surface area contributed by atoms with Crippen LogP contribution in [0, 0.1) is 17.7 Å². The first-order valence-electron chi connectivity index (χ1n) is 8.41. The third-order valence-electron chi connectivity index (χ3n) is 5.12. The van der Waals surface area contributed by atoms with Crippen molar-refractivity contribution in [1.82, 2.24) is 4.90 Å². The average Bonchev–Trinajstić information content (AvgIpc) is 3.00. The van der Waals surface area contributed by atoms with Crippen molar-refractivity contribution in [2.24, 2.45) is 16.8 Å². The van der Waals surface area contributed by atoms with Crippen molar-refractivity contribution in [2.45, 2.75) is 6.04 Å². The van der Waals surface area contributed by atoms with Crippen LogP contribution < -0.4 is 4.90 Å². The minimum Gasteiger partial charge on any atom is -0.369 e. The molecule has 3 nitrogen and oxygen atoms in total. The summed E-state index contributed by atoms with van der Waals surface area (Å²) in [7, 11) is 0. The summed E-state index contributed by atoms with van der Waals surface area (Å²) in [5, 5.41) is 0. The van der Waals surface area contributed by atoms with E-state index in [0.717, 1.165) is 38.4 Å². The van der Waals surface area contributed by atoms with Gasteiger partial charge in [0, 0.05) is 56.5 Å². The Morgan fingerprint density at radius 3 is 2.52 bits per heavy atom. The summed E-state index contributed by atoms with van der Waals surface area (Å²) in [6.45, 7) is 5.19. The lowest BCUT2D eigenvalue weighted by Crippen LogP contribution is -2.48. The summed E-state index contributed by atoms with van der Waals surface area (Å²) in [6.07, 6.45) is 10.9. The van der Waals surface area contributed by atoms with E-state index in [-0.39, 0.29) is 5.82 Å². The Labute approximate surface area is 136 Å². The molecule has 1 aliphatic carbocycles. The molecule has 0 N–H and O–H groups in total. The van der Waals surface area contributed by atoms with Crippen LogP contribution in [0.1, 0.15) is 0 Å². The van der Waals surface area contributed by atoms with Gasteiger partial charge >= 0.3 is 0 Å². The molecule has 0 spiro atoms. The second-order valence-electron chi connectivity index (χ2n) is 6.56. The van der Waals surface area contributed by atoms with E-state index in [1.54, 1.807) is 12.1 Å². The van der Waals surface area contributed by atoms with Crippen LogP contribution in [0.4, 0.5) is 10.1 Å². The molecule has 2 aliphatic heterocycles. The highest BCUT2D eigenvalue weighted by molar-refractivity contribution is 5.66. The van der Waals surface area contributed by atoms with Gasteiger partial charge in [0.2, 0.25) is 0 Å². The third-order valence-corrected chi connectivity index (χ3v) is 5.12. The van der Waals surface area contributed by atoms with Gasteiger partial charge in [-0.25, -0.2) is 4.39 Å². The lowest BCUT2D eigenvalue weighted by atomic mass is 9.86. The van der Waals surface area contributed by atoms with Crippen molar-refractivity contribution in [1.29, 1.82) is 0 Å². The maximum atomic E-state index is 13.0. The normalized spacial score (nSPS) is 30.0. The molecule has 3 aliphatic rings. The van der Waals surface area contributed by atoms with Crippen LogP contribution in [0.2, 0.25) is 0 Å². The number of nitrogens with zero attached hydrogens (tertiary/aromatic N) is 3. The van der Waals surface area contributed by atoms with E-state index in [1.807, 2.05) is 12.1 Å². The predicted molar refractivity (Wildman–Crippen MR) is 92.6 cm³/mol. The monoisotopic (exact) mass is 311 g/mol. The fourth-order valence-electron chi connectivity index (χ4n) is 3.77. The molecule has 4 heteroatoms. The number of hydrogen-bond acceptors (Lipinski definition) is 3. The summed E-state index contributed by atoms with van der Waals surface area (Å²) in [4.78, 5) is 9.51. The van der Waals surface area contributed by atoms with Gasteiger partial charge < -0.3 is 4.90 Å². The molecule has 4 rings (SSSR count). The molecule has 0 bridgehead atoms. The highest BCUT2D eigenvalue weighted by Crippen LogP contribution is 2.29. The molecule has 1 saturated heterocycles. The maximum Gasteiger partial charge on any atom is 0.123 e. The minimum absolute atomic E-state index is 0.169. The lowest BCUT2D eigenvalue weighted by Gasteiger charge is -2.37. The molecule has 120 valence electrons. The molecule has 0 radical (unpaired) electrons. The van der Waals surface area contributed by atoms with Crippen molar-refractivity contribution in [3.8, 4) is 0 Å². The van der Waals surface area contributed by atoms with Crippen molar-refractivity contribution in [2.75, 3.05) is 37.6 Å². The van der Waals surface area contributed by atoms with E-state index in [9.17, 15) is 4.39 Å². The van der Waals surface area contributed by atoms with Crippen LogP contribution >= 0.6 is 0 Å². The zero-order valence-corrected chi connectivity index (χ0v) is 13.2. The number of halogens is 1. The van der Waals surface area contributed by atoms with Crippen LogP contribution in [-0.2, 0) is 0 Å². The molecule has 3 unspecified atom stereocenters. The van der Waals surface area contributed by atoms with Gasteiger partial charge in [0.15, 0.2) is 0 Å². The summed E-state index contributed by atoms with van der Waals surface area (Å²) >= 11 is 0. The molecular weight excluding hydrogens is 289 g/mol. The summed E-state index contributed by atoms with van der Waals surface area (Å²) in [6, 6.07) is 7.18. The molecule has 1 aromatic rings. The molecule has 0 amide bonds. The number of allylic oxidation sites excluding steroid dienone is 2. The number of anilines is 1. The van der Waals surface area contributed by atoms with Gasteiger partial charge in [-0.1, -0.05) is 24.3 Å². The highest BCUT2D eigenvalue weighted by Gasteiger charge is 2.32. The molecule has 1 aromatic carbocycles. The molecule has 0 saturated carbocycles. The number of benzene rings is 1. The molecule has 2 heterocycles. The number of piperazine rings is 1. The molecule has 0 aromatic heterocycles. The maximum absolute atomic E-state index is 13.0. The molecular formula is C19H22FN3. The second-order valence-corrected chi connectivity index (χ2v) is 6.56. The Hall–Kier alpha value is -1.94. The molecule has 3 atom stereocenters. The number of aliphatic imine (C=N–C) groups is 1. The standard InChI is InChI=1S/C19H22FN3/c20-16-5-7-17(8-6-16)23-11-9-22(10-12-23)14-15-13-21-19-4-2-1-3-18(15)19/h1-8,13,15,18-19H,9-12,14H2. The number of fused-ring (bicyclic) bond motifs is 1. The van der Waals surface area contributed by atoms with Crippen LogP contribution in [0.25, 0.3) is 0 Å². The van der Waals surface area contributed by atoms with Gasteiger partial charge in [0.05, 0.1) is 6.04 Å². The lowest BCUT2D eigenvalue weighted by molar-refractivity contribution is 0.227. The van der Waals surface area contributed by atoms with Crippen LogP contribution in [-0.4, -0.2) is 49.9 Å². The van der Waals surface area contributed by atoms with E-state index in [0.29, 0.717) is 17.9 Å². The summed E-state index contributed by atoms with van der Waals surface area (Å²) < 4.78 is 13.0. The van der Waals surface area contributed by atoms with Gasteiger partial charge in [-0.05, 0) is 24.3 Å². The van der Waals surface area contributed by atoms with Crippen molar-refractivity contribution < 1.29 is 4.39 Å².